The zero-order chi connectivity index (χ0) is 14.5. The van der Waals surface area contributed by atoms with Gasteiger partial charge in [-0.3, -0.25) is 25.1 Å². The number of rotatable bonds is 4. The maximum Gasteiger partial charge on any atom is 0.260 e. The van der Waals surface area contributed by atoms with E-state index in [-0.39, 0.29) is 24.8 Å². The summed E-state index contributed by atoms with van der Waals surface area (Å²) in [5.74, 6) is -0.551. The fraction of sp³-hybridized carbons (Fsp3) is 0.308. The minimum absolute atomic E-state index is 0.0823. The number of thiophene rings is 1. The predicted octanol–water partition coefficient (Wildman–Crippen LogP) is 0.952. The van der Waals surface area contributed by atoms with Gasteiger partial charge in [0.15, 0.2) is 0 Å². The largest absolute Gasteiger partial charge is 0.273 e. The maximum atomic E-state index is 11.7. The van der Waals surface area contributed by atoms with Gasteiger partial charge >= 0.3 is 0 Å². The van der Waals surface area contributed by atoms with E-state index in [1.807, 2.05) is 37.4 Å². The molecular formula is C13H16N4O2S. The van der Waals surface area contributed by atoms with Crippen LogP contribution >= 0.6 is 11.3 Å². The Balaban J connectivity index is 1.77. The first-order valence-corrected chi connectivity index (χ1v) is 7.03. The number of nitrogens with zero attached hydrogens (tertiary/aromatic N) is 2. The SMILES string of the molecule is Cc1cc(C)n(CC(=O)NNC(=O)Cc2cccs2)n1. The molecule has 0 saturated heterocycles. The lowest BCUT2D eigenvalue weighted by molar-refractivity contribution is -0.129. The molecule has 0 aliphatic carbocycles. The number of aryl methyl sites for hydroxylation is 2. The molecule has 20 heavy (non-hydrogen) atoms. The van der Waals surface area contributed by atoms with Gasteiger partial charge in [-0.25, -0.2) is 0 Å². The number of aromatic nitrogens is 2. The number of hydrogen-bond donors (Lipinski definition) is 2. The summed E-state index contributed by atoms with van der Waals surface area (Å²) in [5, 5.41) is 6.09. The highest BCUT2D eigenvalue weighted by Gasteiger charge is 2.09. The average molecular weight is 292 g/mol. The molecule has 0 spiro atoms. The van der Waals surface area contributed by atoms with Crippen molar-refractivity contribution in [2.45, 2.75) is 26.8 Å². The van der Waals surface area contributed by atoms with Gasteiger partial charge in [-0.05, 0) is 31.4 Å². The van der Waals surface area contributed by atoms with Crippen molar-refractivity contribution in [1.29, 1.82) is 0 Å². The Bertz CT molecular complexity index is 604. The minimum atomic E-state index is -0.310. The third-order valence-electron chi connectivity index (χ3n) is 2.65. The number of hydrazine groups is 1. The molecule has 2 heterocycles. The number of hydrogen-bond acceptors (Lipinski definition) is 4. The quantitative estimate of drug-likeness (QED) is 0.824. The Morgan fingerprint density at radius 1 is 1.30 bits per heavy atom. The molecule has 0 unspecified atom stereocenters. The Morgan fingerprint density at radius 3 is 2.65 bits per heavy atom. The molecule has 106 valence electrons. The van der Waals surface area contributed by atoms with Gasteiger partial charge in [-0.1, -0.05) is 6.07 Å². The molecule has 2 rings (SSSR count). The summed E-state index contributed by atoms with van der Waals surface area (Å²) >= 11 is 1.51. The molecule has 7 heteroatoms. The average Bonchev–Trinajstić information content (AvgIpc) is 2.98. The van der Waals surface area contributed by atoms with Crippen molar-refractivity contribution in [2.24, 2.45) is 0 Å². The van der Waals surface area contributed by atoms with E-state index < -0.39 is 0 Å². The molecule has 0 aromatic carbocycles. The summed E-state index contributed by atoms with van der Waals surface area (Å²) < 4.78 is 1.59. The first-order valence-electron chi connectivity index (χ1n) is 6.15. The van der Waals surface area contributed by atoms with E-state index in [2.05, 4.69) is 16.0 Å². The molecule has 0 atom stereocenters. The van der Waals surface area contributed by atoms with Crippen molar-refractivity contribution in [3.63, 3.8) is 0 Å². The molecule has 2 N–H and O–H groups in total. The smallest absolute Gasteiger partial charge is 0.260 e. The molecule has 0 saturated carbocycles. The number of carbonyl (C=O) groups excluding carboxylic acids is 2. The van der Waals surface area contributed by atoms with E-state index >= 15 is 0 Å². The van der Waals surface area contributed by atoms with E-state index in [9.17, 15) is 9.59 Å². The van der Waals surface area contributed by atoms with Crippen LogP contribution in [-0.2, 0) is 22.6 Å². The van der Waals surface area contributed by atoms with Gasteiger partial charge in [0.05, 0.1) is 12.1 Å². The molecular weight excluding hydrogens is 276 g/mol. The monoisotopic (exact) mass is 292 g/mol. The summed E-state index contributed by atoms with van der Waals surface area (Å²) in [6.07, 6.45) is 0.262. The van der Waals surface area contributed by atoms with Crippen LogP contribution in [0.2, 0.25) is 0 Å². The number of carbonyl (C=O) groups is 2. The van der Waals surface area contributed by atoms with Gasteiger partial charge in [0, 0.05) is 10.6 Å². The van der Waals surface area contributed by atoms with E-state index in [0.717, 1.165) is 16.3 Å². The second-order valence-corrected chi connectivity index (χ2v) is 5.47. The van der Waals surface area contributed by atoms with E-state index in [1.54, 1.807) is 4.68 Å². The first-order chi connectivity index (χ1) is 9.54. The van der Waals surface area contributed by atoms with Crippen LogP contribution in [0.4, 0.5) is 0 Å². The zero-order valence-electron chi connectivity index (χ0n) is 11.3. The fourth-order valence-corrected chi connectivity index (χ4v) is 2.47. The summed E-state index contributed by atoms with van der Waals surface area (Å²) in [4.78, 5) is 24.2. The summed E-state index contributed by atoms with van der Waals surface area (Å²) in [5.41, 5.74) is 6.54. The van der Waals surface area contributed by atoms with E-state index in [4.69, 9.17) is 0 Å². The standard InChI is InChI=1S/C13H16N4O2S/c1-9-6-10(2)17(16-9)8-13(19)15-14-12(18)7-11-4-3-5-20-11/h3-6H,7-8H2,1-2H3,(H,14,18)(H,15,19). The maximum absolute atomic E-state index is 11.7. The van der Waals surface area contributed by atoms with Crippen LogP contribution in [0, 0.1) is 13.8 Å². The molecule has 2 aromatic rings. The highest BCUT2D eigenvalue weighted by molar-refractivity contribution is 7.10. The number of nitrogens with one attached hydrogen (secondary N) is 2. The Kier molecular flexibility index (Phi) is 4.52. The third kappa shape index (κ3) is 3.92. The molecule has 0 radical (unpaired) electrons. The van der Waals surface area contributed by atoms with Crippen LogP contribution in [0.3, 0.4) is 0 Å². The lowest BCUT2D eigenvalue weighted by Gasteiger charge is -2.07. The van der Waals surface area contributed by atoms with E-state index in [1.165, 1.54) is 11.3 Å². The molecule has 0 aliphatic heterocycles. The van der Waals surface area contributed by atoms with Crippen LogP contribution in [0.25, 0.3) is 0 Å². The van der Waals surface area contributed by atoms with Crippen molar-refractivity contribution in [2.75, 3.05) is 0 Å². The first kappa shape index (κ1) is 14.3. The van der Waals surface area contributed by atoms with Crippen LogP contribution in [0.15, 0.2) is 23.6 Å². The second-order valence-electron chi connectivity index (χ2n) is 4.44. The van der Waals surface area contributed by atoms with Gasteiger partial charge in [0.2, 0.25) is 5.91 Å². The Hall–Kier alpha value is -2.15. The summed E-state index contributed by atoms with van der Waals surface area (Å²) in [6.45, 7) is 3.83. The highest BCUT2D eigenvalue weighted by atomic mass is 32.1. The van der Waals surface area contributed by atoms with Crippen molar-refractivity contribution >= 4 is 23.2 Å². The fourth-order valence-electron chi connectivity index (χ4n) is 1.77. The van der Waals surface area contributed by atoms with Crippen molar-refractivity contribution in [3.8, 4) is 0 Å². The molecule has 0 bridgehead atoms. The lowest BCUT2D eigenvalue weighted by Crippen LogP contribution is -2.43. The molecule has 2 amide bonds. The third-order valence-corrected chi connectivity index (χ3v) is 3.53. The Morgan fingerprint density at radius 2 is 2.05 bits per heavy atom. The van der Waals surface area contributed by atoms with Crippen LogP contribution in [-0.4, -0.2) is 21.6 Å². The van der Waals surface area contributed by atoms with Crippen molar-refractivity contribution in [3.05, 3.63) is 39.8 Å². The second kappa shape index (κ2) is 6.33. The topological polar surface area (TPSA) is 76.0 Å². The lowest BCUT2D eigenvalue weighted by atomic mass is 10.3. The van der Waals surface area contributed by atoms with Crippen molar-refractivity contribution < 1.29 is 9.59 Å². The van der Waals surface area contributed by atoms with Gasteiger partial charge < -0.3 is 0 Å². The zero-order valence-corrected chi connectivity index (χ0v) is 12.2. The number of amides is 2. The summed E-state index contributed by atoms with van der Waals surface area (Å²) in [7, 11) is 0. The molecule has 0 fully saturated rings. The van der Waals surface area contributed by atoms with Gasteiger partial charge in [0.25, 0.3) is 5.91 Å². The van der Waals surface area contributed by atoms with Crippen molar-refractivity contribution in [1.82, 2.24) is 20.6 Å². The van der Waals surface area contributed by atoms with E-state index in [0.29, 0.717) is 0 Å². The van der Waals surface area contributed by atoms with Crippen LogP contribution in [0.1, 0.15) is 16.3 Å². The minimum Gasteiger partial charge on any atom is -0.273 e. The normalized spacial score (nSPS) is 10.3. The highest BCUT2D eigenvalue weighted by Crippen LogP contribution is 2.08. The van der Waals surface area contributed by atoms with Crippen LogP contribution < -0.4 is 10.9 Å². The van der Waals surface area contributed by atoms with Gasteiger partial charge in [0.1, 0.15) is 6.54 Å². The summed E-state index contributed by atoms with van der Waals surface area (Å²) in [6, 6.07) is 5.65. The molecule has 2 aromatic heterocycles. The predicted molar refractivity (Wildman–Crippen MR) is 76.0 cm³/mol. The Labute approximate surface area is 120 Å². The molecule has 0 aliphatic rings. The van der Waals surface area contributed by atoms with Gasteiger partial charge in [-0.2, -0.15) is 5.10 Å². The van der Waals surface area contributed by atoms with Crippen LogP contribution in [0.5, 0.6) is 0 Å². The van der Waals surface area contributed by atoms with Gasteiger partial charge in [-0.15, -0.1) is 11.3 Å². The molecule has 6 nitrogen and oxygen atoms in total.